The summed E-state index contributed by atoms with van der Waals surface area (Å²) >= 11 is 18.0. The fourth-order valence-corrected chi connectivity index (χ4v) is 2.92. The van der Waals surface area contributed by atoms with Gasteiger partial charge in [0.15, 0.2) is 6.10 Å². The van der Waals surface area contributed by atoms with Gasteiger partial charge in [0, 0.05) is 16.0 Å². The molecule has 0 saturated heterocycles. The number of nitrogens with zero attached hydrogens (tertiary/aromatic N) is 2. The van der Waals surface area contributed by atoms with E-state index in [1.807, 2.05) is 30.3 Å². The maximum atomic E-state index is 12.1. The minimum absolute atomic E-state index is 0.295. The van der Waals surface area contributed by atoms with Crippen molar-refractivity contribution in [2.45, 2.75) is 13.0 Å². The maximum absolute atomic E-state index is 12.1. The summed E-state index contributed by atoms with van der Waals surface area (Å²) in [5, 5.41) is 5.94. The minimum atomic E-state index is -0.814. The number of benzene rings is 2. The fraction of sp³-hybridized carbons (Fsp3) is 0.105. The Morgan fingerprint density at radius 2 is 1.96 bits per heavy atom. The summed E-state index contributed by atoms with van der Waals surface area (Å²) in [4.78, 5) is 16.4. The smallest absolute Gasteiger partial charge is 0.280 e. The maximum Gasteiger partial charge on any atom is 0.280 e. The van der Waals surface area contributed by atoms with Gasteiger partial charge < -0.3 is 4.74 Å². The SMILES string of the molecule is CC(Oc1ccc(Cl)cc1Cl)C(=O)N/N=C/c1cc2ccccc2nc1Cl. The van der Waals surface area contributed by atoms with Crippen LogP contribution in [0.1, 0.15) is 12.5 Å². The van der Waals surface area contributed by atoms with E-state index in [-0.39, 0.29) is 0 Å². The molecule has 0 bridgehead atoms. The van der Waals surface area contributed by atoms with Crippen molar-refractivity contribution >= 4 is 57.8 Å². The molecule has 2 aromatic carbocycles. The van der Waals surface area contributed by atoms with Gasteiger partial charge in [0.2, 0.25) is 0 Å². The molecule has 0 fully saturated rings. The molecule has 0 aliphatic rings. The zero-order valence-electron chi connectivity index (χ0n) is 14.1. The Kier molecular flexibility index (Phi) is 6.16. The zero-order chi connectivity index (χ0) is 19.4. The van der Waals surface area contributed by atoms with E-state index >= 15 is 0 Å². The average molecular weight is 423 g/mol. The fourth-order valence-electron chi connectivity index (χ4n) is 2.27. The molecule has 3 rings (SSSR count). The number of para-hydroxylation sites is 1. The first kappa shape index (κ1) is 19.4. The van der Waals surface area contributed by atoms with E-state index in [1.165, 1.54) is 12.3 Å². The van der Waals surface area contributed by atoms with E-state index in [1.54, 1.807) is 19.1 Å². The molecule has 5 nitrogen and oxygen atoms in total. The van der Waals surface area contributed by atoms with E-state index < -0.39 is 12.0 Å². The first-order valence-corrected chi connectivity index (χ1v) is 9.07. The summed E-state index contributed by atoms with van der Waals surface area (Å²) in [6.45, 7) is 1.58. The first-order valence-electron chi connectivity index (χ1n) is 7.94. The topological polar surface area (TPSA) is 63.6 Å². The average Bonchev–Trinajstić information content (AvgIpc) is 2.64. The van der Waals surface area contributed by atoms with Gasteiger partial charge in [0.1, 0.15) is 10.9 Å². The Morgan fingerprint density at radius 1 is 1.19 bits per heavy atom. The van der Waals surface area contributed by atoms with Gasteiger partial charge in [-0.15, -0.1) is 0 Å². The number of ether oxygens (including phenoxy) is 1. The van der Waals surface area contributed by atoms with Crippen LogP contribution in [0.15, 0.2) is 53.6 Å². The quantitative estimate of drug-likeness (QED) is 0.353. The molecule has 1 unspecified atom stereocenters. The van der Waals surface area contributed by atoms with Crippen LogP contribution in [0.4, 0.5) is 0 Å². The molecule has 27 heavy (non-hydrogen) atoms. The lowest BCUT2D eigenvalue weighted by molar-refractivity contribution is -0.127. The molecule has 0 spiro atoms. The van der Waals surface area contributed by atoms with Gasteiger partial charge in [-0.1, -0.05) is 53.0 Å². The number of hydrogen-bond acceptors (Lipinski definition) is 4. The molecular weight excluding hydrogens is 409 g/mol. The van der Waals surface area contributed by atoms with E-state index in [0.29, 0.717) is 26.5 Å². The van der Waals surface area contributed by atoms with E-state index in [9.17, 15) is 4.79 Å². The second-order valence-corrected chi connectivity index (χ2v) is 6.83. The highest BCUT2D eigenvalue weighted by Crippen LogP contribution is 2.28. The van der Waals surface area contributed by atoms with Crippen molar-refractivity contribution in [3.8, 4) is 5.75 Å². The molecule has 0 saturated carbocycles. The molecule has 0 radical (unpaired) electrons. The monoisotopic (exact) mass is 421 g/mol. The van der Waals surface area contributed by atoms with Crippen LogP contribution in [0.25, 0.3) is 10.9 Å². The van der Waals surface area contributed by atoms with Crippen molar-refractivity contribution in [1.29, 1.82) is 0 Å². The van der Waals surface area contributed by atoms with Crippen LogP contribution in [0, 0.1) is 0 Å². The van der Waals surface area contributed by atoms with Gasteiger partial charge >= 0.3 is 0 Å². The predicted octanol–water partition coefficient (Wildman–Crippen LogP) is 5.11. The number of aromatic nitrogens is 1. The molecule has 1 heterocycles. The van der Waals surface area contributed by atoms with Crippen LogP contribution >= 0.6 is 34.8 Å². The van der Waals surface area contributed by atoms with Gasteiger partial charge in [-0.05, 0) is 37.3 Å². The molecule has 1 N–H and O–H groups in total. The van der Waals surface area contributed by atoms with Crippen molar-refractivity contribution in [1.82, 2.24) is 10.4 Å². The summed E-state index contributed by atoms with van der Waals surface area (Å²) < 4.78 is 5.53. The summed E-state index contributed by atoms with van der Waals surface area (Å²) in [5.41, 5.74) is 3.78. The highest BCUT2D eigenvalue weighted by Gasteiger charge is 2.15. The molecule has 1 aromatic heterocycles. The first-order chi connectivity index (χ1) is 12.9. The number of nitrogens with one attached hydrogen (secondary N) is 1. The van der Waals surface area contributed by atoms with Crippen molar-refractivity contribution in [3.05, 3.63) is 69.3 Å². The highest BCUT2D eigenvalue weighted by molar-refractivity contribution is 6.35. The van der Waals surface area contributed by atoms with Crippen molar-refractivity contribution in [2.75, 3.05) is 0 Å². The number of pyridine rings is 1. The number of carbonyl (C=O) groups is 1. The van der Waals surface area contributed by atoms with Crippen molar-refractivity contribution in [3.63, 3.8) is 0 Å². The molecule has 8 heteroatoms. The van der Waals surface area contributed by atoms with Crippen LogP contribution in [-0.2, 0) is 4.79 Å². The van der Waals surface area contributed by atoms with Crippen LogP contribution < -0.4 is 10.2 Å². The number of halogens is 3. The summed E-state index contributed by atoms with van der Waals surface area (Å²) in [6, 6.07) is 14.2. The lowest BCUT2D eigenvalue weighted by atomic mass is 10.2. The lowest BCUT2D eigenvalue weighted by Gasteiger charge is -2.14. The van der Waals surface area contributed by atoms with Crippen LogP contribution in [0.2, 0.25) is 15.2 Å². The Balaban J connectivity index is 1.65. The minimum Gasteiger partial charge on any atom is -0.479 e. The van der Waals surface area contributed by atoms with Crippen LogP contribution in [-0.4, -0.2) is 23.2 Å². The van der Waals surface area contributed by atoms with Gasteiger partial charge in [0.05, 0.1) is 16.8 Å². The summed E-state index contributed by atoms with van der Waals surface area (Å²) in [5.74, 6) is -0.0865. The third-order valence-electron chi connectivity index (χ3n) is 3.65. The van der Waals surface area contributed by atoms with Crippen molar-refractivity contribution in [2.24, 2.45) is 5.10 Å². The molecule has 3 aromatic rings. The second kappa shape index (κ2) is 8.57. The van der Waals surface area contributed by atoms with Crippen molar-refractivity contribution < 1.29 is 9.53 Å². The Labute approximate surface area is 170 Å². The normalized spacial score (nSPS) is 12.3. The third kappa shape index (κ3) is 4.89. The molecule has 1 amide bonds. The van der Waals surface area contributed by atoms with Crippen LogP contribution in [0.5, 0.6) is 5.75 Å². The number of hydrazone groups is 1. The molecular formula is C19H14Cl3N3O2. The molecule has 0 aliphatic heterocycles. The predicted molar refractivity (Wildman–Crippen MR) is 109 cm³/mol. The largest absolute Gasteiger partial charge is 0.479 e. The second-order valence-electron chi connectivity index (χ2n) is 5.63. The van der Waals surface area contributed by atoms with Gasteiger partial charge in [-0.25, -0.2) is 10.4 Å². The van der Waals surface area contributed by atoms with Crippen LogP contribution in [0.3, 0.4) is 0 Å². The van der Waals surface area contributed by atoms with Gasteiger partial charge in [-0.2, -0.15) is 5.10 Å². The Hall–Kier alpha value is -2.34. The lowest BCUT2D eigenvalue weighted by Crippen LogP contribution is -2.33. The third-order valence-corrected chi connectivity index (χ3v) is 4.48. The number of hydrogen-bond donors (Lipinski definition) is 1. The highest BCUT2D eigenvalue weighted by atomic mass is 35.5. The molecule has 1 atom stereocenters. The Morgan fingerprint density at radius 3 is 2.74 bits per heavy atom. The number of fused-ring (bicyclic) bond motifs is 1. The van der Waals surface area contributed by atoms with E-state index in [0.717, 1.165) is 10.9 Å². The van der Waals surface area contributed by atoms with Gasteiger partial charge in [0.25, 0.3) is 5.91 Å². The molecule has 0 aliphatic carbocycles. The standard InChI is InChI=1S/C19H14Cl3N3O2/c1-11(27-17-7-6-14(20)9-15(17)21)19(26)25-23-10-13-8-12-4-2-3-5-16(12)24-18(13)22/h2-11H,1H3,(H,25,26)/b23-10+. The van der Waals surface area contributed by atoms with E-state index in [2.05, 4.69) is 15.5 Å². The number of carbonyl (C=O) groups excluding carboxylic acids is 1. The van der Waals surface area contributed by atoms with E-state index in [4.69, 9.17) is 39.5 Å². The number of rotatable bonds is 5. The summed E-state index contributed by atoms with van der Waals surface area (Å²) in [6.07, 6.45) is 0.618. The van der Waals surface area contributed by atoms with Gasteiger partial charge in [-0.3, -0.25) is 4.79 Å². The Bertz CT molecular complexity index is 1020. The number of amides is 1. The summed E-state index contributed by atoms with van der Waals surface area (Å²) in [7, 11) is 0. The molecule has 138 valence electrons. The zero-order valence-corrected chi connectivity index (χ0v) is 16.4.